The summed E-state index contributed by atoms with van der Waals surface area (Å²) < 4.78 is 0. The Labute approximate surface area is 260 Å². The maximum absolute atomic E-state index is 10.4. The van der Waals surface area contributed by atoms with Crippen LogP contribution in [-0.2, 0) is 25.7 Å². The first-order chi connectivity index (χ1) is 21.3. The molecule has 0 saturated heterocycles. The van der Waals surface area contributed by atoms with Gasteiger partial charge in [0.1, 0.15) is 23.0 Å². The van der Waals surface area contributed by atoms with Crippen LogP contribution in [0.25, 0.3) is 0 Å². The van der Waals surface area contributed by atoms with E-state index in [0.29, 0.717) is 23.0 Å². The third kappa shape index (κ3) is 6.16. The first-order valence-electron chi connectivity index (χ1n) is 15.6. The van der Waals surface area contributed by atoms with Gasteiger partial charge in [0.2, 0.25) is 0 Å². The van der Waals surface area contributed by atoms with E-state index in [9.17, 15) is 20.4 Å². The molecule has 4 N–H and O–H groups in total. The van der Waals surface area contributed by atoms with Crippen LogP contribution in [0.4, 0.5) is 0 Å². The van der Waals surface area contributed by atoms with E-state index in [1.807, 2.05) is 52.0 Å². The highest BCUT2D eigenvalue weighted by Gasteiger charge is 2.23. The maximum atomic E-state index is 10.4. The second-order valence-corrected chi connectivity index (χ2v) is 11.5. The van der Waals surface area contributed by atoms with Crippen LogP contribution in [-0.4, -0.2) is 20.4 Å². The molecule has 5 rings (SSSR count). The Bertz CT molecular complexity index is 1520. The van der Waals surface area contributed by atoms with Crippen molar-refractivity contribution in [1.29, 1.82) is 0 Å². The zero-order valence-corrected chi connectivity index (χ0v) is 26.0. The zero-order valence-electron chi connectivity index (χ0n) is 26.0. The first kappa shape index (κ1) is 30.7. The molecule has 5 aromatic carbocycles. The van der Waals surface area contributed by atoms with Gasteiger partial charge in [0.05, 0.1) is 0 Å². The SMILES string of the molecule is CCc1cc(C(c2ccc(C(c3ccc(O)c(CC)c3)c3ccc(O)c(CC)c3)cc2)c2ccc(O)c(CC)c2)ccc1O. The van der Waals surface area contributed by atoms with Crippen LogP contribution in [0.15, 0.2) is 97.1 Å². The summed E-state index contributed by atoms with van der Waals surface area (Å²) in [5, 5.41) is 41.7. The average molecular weight is 587 g/mol. The molecule has 44 heavy (non-hydrogen) atoms. The minimum absolute atomic E-state index is 0.0972. The highest BCUT2D eigenvalue weighted by Crippen LogP contribution is 2.40. The monoisotopic (exact) mass is 586 g/mol. The molecule has 0 spiro atoms. The van der Waals surface area contributed by atoms with Gasteiger partial charge >= 0.3 is 0 Å². The van der Waals surface area contributed by atoms with Gasteiger partial charge in [0, 0.05) is 11.8 Å². The van der Waals surface area contributed by atoms with Crippen LogP contribution >= 0.6 is 0 Å². The van der Waals surface area contributed by atoms with Crippen molar-refractivity contribution in [3.05, 3.63) is 153 Å². The lowest BCUT2D eigenvalue weighted by Gasteiger charge is -2.24. The summed E-state index contributed by atoms with van der Waals surface area (Å²) in [5.41, 5.74) is 10.1. The minimum atomic E-state index is -0.0972. The van der Waals surface area contributed by atoms with Crippen molar-refractivity contribution in [2.24, 2.45) is 0 Å². The third-order valence-electron chi connectivity index (χ3n) is 8.87. The fourth-order valence-corrected chi connectivity index (χ4v) is 6.31. The third-order valence-corrected chi connectivity index (χ3v) is 8.87. The van der Waals surface area contributed by atoms with E-state index < -0.39 is 0 Å². The molecular formula is C40H42O4. The quantitative estimate of drug-likeness (QED) is 0.123. The predicted molar refractivity (Wildman–Crippen MR) is 178 cm³/mol. The fourth-order valence-electron chi connectivity index (χ4n) is 6.31. The van der Waals surface area contributed by atoms with Crippen LogP contribution in [0.1, 0.15) is 95.2 Å². The van der Waals surface area contributed by atoms with E-state index >= 15 is 0 Å². The molecule has 0 bridgehead atoms. The molecule has 0 unspecified atom stereocenters. The Morgan fingerprint density at radius 2 is 0.545 bits per heavy atom. The number of rotatable bonds is 10. The van der Waals surface area contributed by atoms with Gasteiger partial charge in [0.15, 0.2) is 0 Å². The molecule has 226 valence electrons. The summed E-state index contributed by atoms with van der Waals surface area (Å²) in [7, 11) is 0. The second-order valence-electron chi connectivity index (χ2n) is 11.5. The number of hydrogen-bond donors (Lipinski definition) is 4. The summed E-state index contributed by atoms with van der Waals surface area (Å²) in [6.07, 6.45) is 2.90. The molecule has 0 saturated carbocycles. The van der Waals surface area contributed by atoms with Gasteiger partial charge < -0.3 is 20.4 Å². The molecule has 0 heterocycles. The molecule has 0 atom stereocenters. The van der Waals surface area contributed by atoms with Crippen LogP contribution in [0.5, 0.6) is 23.0 Å². The molecule has 0 aliphatic heterocycles. The number of aromatic hydroxyl groups is 4. The average Bonchev–Trinajstić information content (AvgIpc) is 3.04. The van der Waals surface area contributed by atoms with E-state index in [1.165, 1.54) is 0 Å². The Morgan fingerprint density at radius 1 is 0.341 bits per heavy atom. The number of aryl methyl sites for hydroxylation is 4. The standard InChI is InChI=1S/C40H42O4/c1-5-25-21-31(13-17-35(25)41)39(32-14-18-36(42)26(6-2)22-32)29-9-11-30(12-10-29)40(33-15-19-37(43)27(7-3)23-33)34-16-20-38(44)28(8-4)24-34/h9-24,39-44H,5-8H2,1-4H3. The Hall–Kier alpha value is -4.70. The van der Waals surface area contributed by atoms with Crippen molar-refractivity contribution in [2.45, 2.75) is 65.2 Å². The molecule has 0 aliphatic rings. The number of phenols is 4. The first-order valence-corrected chi connectivity index (χ1v) is 15.6. The van der Waals surface area contributed by atoms with Crippen molar-refractivity contribution in [1.82, 2.24) is 0 Å². The van der Waals surface area contributed by atoms with Crippen molar-refractivity contribution in [3.63, 3.8) is 0 Å². The second kappa shape index (κ2) is 13.3. The largest absolute Gasteiger partial charge is 0.508 e. The molecule has 4 nitrogen and oxygen atoms in total. The Kier molecular flexibility index (Phi) is 9.29. The number of benzene rings is 5. The van der Waals surface area contributed by atoms with E-state index in [4.69, 9.17) is 0 Å². The molecular weight excluding hydrogens is 544 g/mol. The highest BCUT2D eigenvalue weighted by molar-refractivity contribution is 5.53. The highest BCUT2D eigenvalue weighted by atomic mass is 16.3. The number of phenolic OH excluding ortho intramolecular Hbond substituents is 4. The van der Waals surface area contributed by atoms with Crippen molar-refractivity contribution >= 4 is 0 Å². The molecule has 0 fully saturated rings. The van der Waals surface area contributed by atoms with Gasteiger partial charge in [0.25, 0.3) is 0 Å². The normalized spacial score (nSPS) is 11.4. The summed E-state index contributed by atoms with van der Waals surface area (Å²) >= 11 is 0. The van der Waals surface area contributed by atoms with Gasteiger partial charge in [-0.05, 0) is 106 Å². The van der Waals surface area contributed by atoms with Crippen LogP contribution in [0.2, 0.25) is 0 Å². The smallest absolute Gasteiger partial charge is 0.118 e. The van der Waals surface area contributed by atoms with Gasteiger partial charge in [-0.15, -0.1) is 0 Å². The Balaban J connectivity index is 1.65. The molecule has 4 heteroatoms. The van der Waals surface area contributed by atoms with Gasteiger partial charge in [-0.1, -0.05) is 100 Å². The molecule has 0 aliphatic carbocycles. The molecule has 0 amide bonds. The van der Waals surface area contributed by atoms with Crippen LogP contribution in [0, 0.1) is 0 Å². The lowest BCUT2D eigenvalue weighted by atomic mass is 9.80. The predicted octanol–water partition coefficient (Wildman–Crippen LogP) is 9.12. The summed E-state index contributed by atoms with van der Waals surface area (Å²) in [5.74, 6) is 1.01. The van der Waals surface area contributed by atoms with Gasteiger partial charge in [-0.25, -0.2) is 0 Å². The van der Waals surface area contributed by atoms with Gasteiger partial charge in [-0.3, -0.25) is 0 Å². The molecule has 0 radical (unpaired) electrons. The van der Waals surface area contributed by atoms with Crippen LogP contribution in [0.3, 0.4) is 0 Å². The van der Waals surface area contributed by atoms with Crippen molar-refractivity contribution in [3.8, 4) is 23.0 Å². The van der Waals surface area contributed by atoms with E-state index in [0.717, 1.165) is 81.3 Å². The molecule has 0 aromatic heterocycles. The summed E-state index contributed by atoms with van der Waals surface area (Å²) in [6, 6.07) is 32.1. The summed E-state index contributed by atoms with van der Waals surface area (Å²) in [4.78, 5) is 0. The van der Waals surface area contributed by atoms with Crippen LogP contribution < -0.4 is 0 Å². The summed E-state index contributed by atoms with van der Waals surface area (Å²) in [6.45, 7) is 8.16. The van der Waals surface area contributed by atoms with Gasteiger partial charge in [-0.2, -0.15) is 0 Å². The lowest BCUT2D eigenvalue weighted by Crippen LogP contribution is -2.08. The topological polar surface area (TPSA) is 80.9 Å². The Morgan fingerprint density at radius 3 is 0.750 bits per heavy atom. The van der Waals surface area contributed by atoms with E-state index in [1.54, 1.807) is 24.3 Å². The van der Waals surface area contributed by atoms with Crippen molar-refractivity contribution in [2.75, 3.05) is 0 Å². The lowest BCUT2D eigenvalue weighted by molar-refractivity contribution is 0.467. The maximum Gasteiger partial charge on any atom is 0.118 e. The zero-order chi connectivity index (χ0) is 31.4. The van der Waals surface area contributed by atoms with E-state index in [2.05, 4.69) is 48.5 Å². The van der Waals surface area contributed by atoms with E-state index in [-0.39, 0.29) is 11.8 Å². The van der Waals surface area contributed by atoms with Crippen molar-refractivity contribution < 1.29 is 20.4 Å². The fraction of sp³-hybridized carbons (Fsp3) is 0.250. The number of hydrogen-bond acceptors (Lipinski definition) is 4. The molecule has 5 aromatic rings. The minimum Gasteiger partial charge on any atom is -0.508 e.